The molecule has 0 aromatic rings. The van der Waals surface area contributed by atoms with E-state index in [1.54, 1.807) is 7.11 Å². The second kappa shape index (κ2) is 5.69. The fraction of sp³-hybridized carbons (Fsp3) is 1.00. The standard InChI is InChI=1S/C11H23NO2/c1-9(2)14-11(13-4)12-7-5-10(3)6-8-12/h9-11H,5-8H2,1-4H3. The van der Waals surface area contributed by atoms with Crippen LogP contribution in [-0.2, 0) is 9.47 Å². The van der Waals surface area contributed by atoms with Gasteiger partial charge in [0.05, 0.1) is 6.10 Å². The van der Waals surface area contributed by atoms with Gasteiger partial charge in [-0.2, -0.15) is 0 Å². The van der Waals surface area contributed by atoms with Crippen LogP contribution in [-0.4, -0.2) is 37.6 Å². The third kappa shape index (κ3) is 3.56. The summed E-state index contributed by atoms with van der Waals surface area (Å²) in [7, 11) is 1.71. The molecule has 0 radical (unpaired) electrons. The van der Waals surface area contributed by atoms with Crippen LogP contribution in [0.2, 0.25) is 0 Å². The lowest BCUT2D eigenvalue weighted by molar-refractivity contribution is -0.231. The lowest BCUT2D eigenvalue weighted by Crippen LogP contribution is -2.44. The highest BCUT2D eigenvalue weighted by atomic mass is 16.7. The number of likely N-dealkylation sites (tertiary alicyclic amines) is 1. The first-order valence-corrected chi connectivity index (χ1v) is 5.55. The van der Waals surface area contributed by atoms with Crippen LogP contribution in [0.5, 0.6) is 0 Å². The molecule has 3 nitrogen and oxygen atoms in total. The Labute approximate surface area is 87.4 Å². The van der Waals surface area contributed by atoms with Gasteiger partial charge < -0.3 is 9.47 Å². The summed E-state index contributed by atoms with van der Waals surface area (Å²) in [6.45, 7) is 8.57. The topological polar surface area (TPSA) is 21.7 Å². The summed E-state index contributed by atoms with van der Waals surface area (Å²) in [6.07, 6.45) is 2.57. The van der Waals surface area contributed by atoms with E-state index in [4.69, 9.17) is 9.47 Å². The number of rotatable bonds is 4. The van der Waals surface area contributed by atoms with Gasteiger partial charge in [0.2, 0.25) is 6.41 Å². The Morgan fingerprint density at radius 2 is 1.79 bits per heavy atom. The fourth-order valence-electron chi connectivity index (χ4n) is 1.76. The molecule has 84 valence electrons. The van der Waals surface area contributed by atoms with Crippen molar-refractivity contribution in [2.24, 2.45) is 5.92 Å². The first-order valence-electron chi connectivity index (χ1n) is 5.55. The number of hydrogen-bond acceptors (Lipinski definition) is 3. The molecule has 0 saturated carbocycles. The highest BCUT2D eigenvalue weighted by Crippen LogP contribution is 2.19. The van der Waals surface area contributed by atoms with Crippen molar-refractivity contribution >= 4 is 0 Å². The van der Waals surface area contributed by atoms with Gasteiger partial charge in [-0.25, -0.2) is 0 Å². The van der Waals surface area contributed by atoms with Crippen LogP contribution in [0.25, 0.3) is 0 Å². The summed E-state index contributed by atoms with van der Waals surface area (Å²) in [5, 5.41) is 0. The zero-order valence-electron chi connectivity index (χ0n) is 9.82. The van der Waals surface area contributed by atoms with Gasteiger partial charge in [-0.3, -0.25) is 4.90 Å². The van der Waals surface area contributed by atoms with Crippen molar-refractivity contribution in [3.05, 3.63) is 0 Å². The van der Waals surface area contributed by atoms with E-state index in [-0.39, 0.29) is 12.5 Å². The van der Waals surface area contributed by atoms with E-state index >= 15 is 0 Å². The minimum atomic E-state index is -0.150. The van der Waals surface area contributed by atoms with Crippen molar-refractivity contribution < 1.29 is 9.47 Å². The molecular formula is C11H23NO2. The van der Waals surface area contributed by atoms with E-state index in [0.717, 1.165) is 19.0 Å². The first-order chi connectivity index (χ1) is 6.63. The molecule has 3 heteroatoms. The Morgan fingerprint density at radius 3 is 2.21 bits per heavy atom. The summed E-state index contributed by atoms with van der Waals surface area (Å²) in [4.78, 5) is 2.28. The molecule has 0 aromatic carbocycles. The fourth-order valence-corrected chi connectivity index (χ4v) is 1.76. The lowest BCUT2D eigenvalue weighted by Gasteiger charge is -2.35. The van der Waals surface area contributed by atoms with Crippen LogP contribution in [0.1, 0.15) is 33.6 Å². The summed E-state index contributed by atoms with van der Waals surface area (Å²) in [6, 6.07) is 0. The predicted octanol–water partition coefficient (Wildman–Crippen LogP) is 2.07. The molecule has 1 heterocycles. The minimum absolute atomic E-state index is 0.150. The Balaban J connectivity index is 2.36. The summed E-state index contributed by atoms with van der Waals surface area (Å²) in [5.41, 5.74) is 0. The van der Waals surface area contributed by atoms with Crippen molar-refractivity contribution in [1.29, 1.82) is 0 Å². The molecule has 1 aliphatic heterocycles. The lowest BCUT2D eigenvalue weighted by atomic mass is 10.00. The maximum atomic E-state index is 5.68. The molecule has 14 heavy (non-hydrogen) atoms. The predicted molar refractivity (Wildman–Crippen MR) is 57.0 cm³/mol. The third-order valence-corrected chi connectivity index (χ3v) is 2.71. The van der Waals surface area contributed by atoms with Gasteiger partial charge in [0, 0.05) is 20.2 Å². The molecule has 1 atom stereocenters. The van der Waals surface area contributed by atoms with Crippen molar-refractivity contribution in [2.45, 2.75) is 46.1 Å². The van der Waals surface area contributed by atoms with Crippen LogP contribution in [0.3, 0.4) is 0 Å². The number of nitrogens with zero attached hydrogens (tertiary/aromatic N) is 1. The zero-order valence-corrected chi connectivity index (χ0v) is 9.82. The van der Waals surface area contributed by atoms with Crippen LogP contribution < -0.4 is 0 Å². The van der Waals surface area contributed by atoms with E-state index in [2.05, 4.69) is 11.8 Å². The summed E-state index contributed by atoms with van der Waals surface area (Å²) >= 11 is 0. The van der Waals surface area contributed by atoms with Gasteiger partial charge in [-0.15, -0.1) is 0 Å². The average molecular weight is 201 g/mol. The number of piperidine rings is 1. The number of methoxy groups -OCH3 is 1. The quantitative estimate of drug-likeness (QED) is 0.650. The third-order valence-electron chi connectivity index (χ3n) is 2.71. The minimum Gasteiger partial charge on any atom is -0.343 e. The molecule has 0 aromatic heterocycles. The number of ether oxygens (including phenoxy) is 2. The monoisotopic (exact) mass is 201 g/mol. The van der Waals surface area contributed by atoms with Crippen LogP contribution >= 0.6 is 0 Å². The van der Waals surface area contributed by atoms with Crippen LogP contribution in [0.15, 0.2) is 0 Å². The molecule has 1 rings (SSSR count). The van der Waals surface area contributed by atoms with Crippen molar-refractivity contribution in [1.82, 2.24) is 4.90 Å². The molecule has 0 N–H and O–H groups in total. The Hall–Kier alpha value is -0.120. The molecule has 1 fully saturated rings. The highest BCUT2D eigenvalue weighted by molar-refractivity contribution is 4.69. The van der Waals surface area contributed by atoms with Gasteiger partial charge in [-0.05, 0) is 32.6 Å². The van der Waals surface area contributed by atoms with Crippen molar-refractivity contribution in [2.75, 3.05) is 20.2 Å². The van der Waals surface area contributed by atoms with E-state index in [1.165, 1.54) is 12.8 Å². The SMILES string of the molecule is COC(OC(C)C)N1CCC(C)CC1. The molecule has 1 saturated heterocycles. The molecule has 1 aliphatic rings. The van der Waals surface area contributed by atoms with Gasteiger partial charge in [-0.1, -0.05) is 6.92 Å². The number of hydrogen-bond donors (Lipinski definition) is 0. The molecule has 0 aliphatic carbocycles. The Bertz CT molecular complexity index is 153. The first kappa shape index (κ1) is 12.0. The normalized spacial score (nSPS) is 22.9. The second-order valence-electron chi connectivity index (χ2n) is 4.45. The van der Waals surface area contributed by atoms with Gasteiger partial charge >= 0.3 is 0 Å². The van der Waals surface area contributed by atoms with E-state index in [9.17, 15) is 0 Å². The maximum Gasteiger partial charge on any atom is 0.218 e. The molecule has 0 spiro atoms. The molecule has 0 amide bonds. The Morgan fingerprint density at radius 1 is 1.21 bits per heavy atom. The van der Waals surface area contributed by atoms with Gasteiger partial charge in [0.15, 0.2) is 0 Å². The largest absolute Gasteiger partial charge is 0.343 e. The summed E-state index contributed by atoms with van der Waals surface area (Å²) in [5.74, 6) is 0.850. The smallest absolute Gasteiger partial charge is 0.218 e. The van der Waals surface area contributed by atoms with Crippen molar-refractivity contribution in [3.63, 3.8) is 0 Å². The molecule has 0 bridgehead atoms. The molecular weight excluding hydrogens is 178 g/mol. The van der Waals surface area contributed by atoms with Gasteiger partial charge in [0.25, 0.3) is 0 Å². The van der Waals surface area contributed by atoms with E-state index in [0.29, 0.717) is 0 Å². The Kier molecular flexibility index (Phi) is 4.85. The average Bonchev–Trinajstić information content (AvgIpc) is 2.15. The van der Waals surface area contributed by atoms with Gasteiger partial charge in [0.1, 0.15) is 0 Å². The second-order valence-corrected chi connectivity index (χ2v) is 4.45. The highest BCUT2D eigenvalue weighted by Gasteiger charge is 2.24. The van der Waals surface area contributed by atoms with E-state index in [1.807, 2.05) is 13.8 Å². The molecule has 1 unspecified atom stereocenters. The van der Waals surface area contributed by atoms with E-state index < -0.39 is 0 Å². The zero-order chi connectivity index (χ0) is 10.6. The van der Waals surface area contributed by atoms with Crippen molar-refractivity contribution in [3.8, 4) is 0 Å². The maximum absolute atomic E-state index is 5.68. The van der Waals surface area contributed by atoms with Crippen LogP contribution in [0, 0.1) is 5.92 Å². The summed E-state index contributed by atoms with van der Waals surface area (Å²) < 4.78 is 11.0. The van der Waals surface area contributed by atoms with Crippen LogP contribution in [0.4, 0.5) is 0 Å².